The van der Waals surface area contributed by atoms with Crippen LogP contribution in [0.2, 0.25) is 0 Å². The van der Waals surface area contributed by atoms with Crippen LogP contribution >= 0.6 is 11.3 Å². The van der Waals surface area contributed by atoms with Gasteiger partial charge in [0.05, 0.1) is 30.9 Å². The minimum absolute atomic E-state index is 0.0779. The molecule has 8 nitrogen and oxygen atoms in total. The zero-order chi connectivity index (χ0) is 22.0. The number of hydrogen-bond donors (Lipinski definition) is 2. The number of rotatable bonds is 7. The molecule has 2 aromatic heterocycles. The van der Waals surface area contributed by atoms with E-state index in [4.69, 9.17) is 9.47 Å². The highest BCUT2D eigenvalue weighted by Crippen LogP contribution is 2.34. The van der Waals surface area contributed by atoms with Crippen LogP contribution in [0.1, 0.15) is 4.88 Å². The van der Waals surface area contributed by atoms with Crippen LogP contribution in [-0.2, 0) is 10.0 Å². The first-order valence-electron chi connectivity index (χ1n) is 9.24. The number of aryl methyl sites for hydroxylation is 1. The van der Waals surface area contributed by atoms with Crippen molar-refractivity contribution in [2.24, 2.45) is 0 Å². The highest BCUT2D eigenvalue weighted by molar-refractivity contribution is 7.93. The second-order valence-electron chi connectivity index (χ2n) is 6.55. The van der Waals surface area contributed by atoms with Gasteiger partial charge in [0, 0.05) is 10.9 Å². The summed E-state index contributed by atoms with van der Waals surface area (Å²) in [5.41, 5.74) is 1.73. The Morgan fingerprint density at radius 2 is 1.65 bits per heavy atom. The molecule has 0 aliphatic carbocycles. The maximum absolute atomic E-state index is 13.0. The number of hydrogen-bond acceptors (Lipinski definition) is 8. The van der Waals surface area contributed by atoms with Gasteiger partial charge < -0.3 is 14.8 Å². The molecule has 4 aromatic rings. The zero-order valence-electron chi connectivity index (χ0n) is 17.0. The van der Waals surface area contributed by atoms with Gasteiger partial charge >= 0.3 is 0 Å². The van der Waals surface area contributed by atoms with E-state index in [9.17, 15) is 8.42 Å². The van der Waals surface area contributed by atoms with Crippen LogP contribution in [0.5, 0.6) is 11.5 Å². The standard InChI is InChI=1S/C21H20N4O4S2/c1-13-19(10-11-30-13)31(26,27)25-21-20(22-15-6-4-5-7-16(15)23-21)24-17-12-14(28-2)8-9-18(17)29-3/h4-12H,1-3H3,(H,22,24)(H,23,25). The number of methoxy groups -OCH3 is 2. The molecular formula is C21H20N4O4S2. The monoisotopic (exact) mass is 456 g/mol. The average Bonchev–Trinajstić information content (AvgIpc) is 3.21. The fraction of sp³-hybridized carbons (Fsp3) is 0.143. The summed E-state index contributed by atoms with van der Waals surface area (Å²) in [7, 11) is -0.747. The predicted molar refractivity (Wildman–Crippen MR) is 122 cm³/mol. The Labute approximate surface area is 183 Å². The molecule has 160 valence electrons. The minimum Gasteiger partial charge on any atom is -0.497 e. The van der Waals surface area contributed by atoms with Gasteiger partial charge in [-0.3, -0.25) is 4.72 Å². The van der Waals surface area contributed by atoms with Crippen molar-refractivity contribution in [2.45, 2.75) is 11.8 Å². The predicted octanol–water partition coefficient (Wildman–Crippen LogP) is 4.56. The number of anilines is 3. The quantitative estimate of drug-likeness (QED) is 0.420. The number of fused-ring (bicyclic) bond motifs is 1. The number of aromatic nitrogens is 2. The molecule has 0 aliphatic rings. The highest BCUT2D eigenvalue weighted by atomic mass is 32.2. The zero-order valence-corrected chi connectivity index (χ0v) is 18.7. The largest absolute Gasteiger partial charge is 0.497 e. The normalized spacial score (nSPS) is 11.3. The molecule has 0 unspecified atom stereocenters. The Balaban J connectivity index is 1.82. The third-order valence-corrected chi connectivity index (χ3v) is 7.02. The van der Waals surface area contributed by atoms with Gasteiger partial charge in [0.25, 0.3) is 10.0 Å². The molecule has 0 saturated heterocycles. The van der Waals surface area contributed by atoms with Gasteiger partial charge in [0.15, 0.2) is 11.6 Å². The van der Waals surface area contributed by atoms with Crippen molar-refractivity contribution in [3.05, 3.63) is 58.8 Å². The number of nitrogens with zero attached hydrogens (tertiary/aromatic N) is 2. The lowest BCUT2D eigenvalue weighted by Crippen LogP contribution is -2.16. The van der Waals surface area contributed by atoms with E-state index < -0.39 is 10.0 Å². The second kappa shape index (κ2) is 8.40. The van der Waals surface area contributed by atoms with E-state index in [1.165, 1.54) is 11.3 Å². The molecule has 0 amide bonds. The smallest absolute Gasteiger partial charge is 0.264 e. The molecule has 10 heteroatoms. The van der Waals surface area contributed by atoms with Crippen LogP contribution in [0.25, 0.3) is 11.0 Å². The fourth-order valence-electron chi connectivity index (χ4n) is 3.03. The number of thiophene rings is 1. The Kier molecular flexibility index (Phi) is 5.66. The van der Waals surface area contributed by atoms with Gasteiger partial charge in [-0.15, -0.1) is 11.3 Å². The highest BCUT2D eigenvalue weighted by Gasteiger charge is 2.22. The van der Waals surface area contributed by atoms with Crippen molar-refractivity contribution in [1.82, 2.24) is 9.97 Å². The molecule has 2 N–H and O–H groups in total. The van der Waals surface area contributed by atoms with Crippen molar-refractivity contribution >= 4 is 49.7 Å². The van der Waals surface area contributed by atoms with Crippen LogP contribution in [0.4, 0.5) is 17.3 Å². The Morgan fingerprint density at radius 3 is 2.26 bits per heavy atom. The van der Waals surface area contributed by atoms with Gasteiger partial charge in [-0.2, -0.15) is 0 Å². The molecule has 2 heterocycles. The van der Waals surface area contributed by atoms with E-state index in [0.717, 1.165) is 0 Å². The molecule has 0 saturated carbocycles. The lowest BCUT2D eigenvalue weighted by molar-refractivity contribution is 0.405. The van der Waals surface area contributed by atoms with E-state index in [-0.39, 0.29) is 16.5 Å². The van der Waals surface area contributed by atoms with E-state index in [2.05, 4.69) is 20.0 Å². The number of sulfonamides is 1. The molecular weight excluding hydrogens is 436 g/mol. The van der Waals surface area contributed by atoms with Crippen LogP contribution in [-0.4, -0.2) is 32.6 Å². The molecule has 0 radical (unpaired) electrons. The summed E-state index contributed by atoms with van der Waals surface area (Å²) >= 11 is 1.36. The molecule has 0 atom stereocenters. The van der Waals surface area contributed by atoms with E-state index in [1.54, 1.807) is 62.9 Å². The van der Waals surface area contributed by atoms with Gasteiger partial charge in [-0.1, -0.05) is 12.1 Å². The van der Waals surface area contributed by atoms with Gasteiger partial charge in [0.2, 0.25) is 0 Å². The maximum Gasteiger partial charge on any atom is 0.264 e. The Bertz CT molecular complexity index is 1350. The molecule has 0 fully saturated rings. The number of para-hydroxylation sites is 2. The summed E-state index contributed by atoms with van der Waals surface area (Å²) in [6.45, 7) is 1.76. The SMILES string of the molecule is COc1ccc(OC)c(Nc2nc3ccccc3nc2NS(=O)(=O)c2ccsc2C)c1. The van der Waals surface area contributed by atoms with Gasteiger partial charge in [-0.25, -0.2) is 18.4 Å². The number of benzene rings is 2. The first kappa shape index (κ1) is 20.9. The molecule has 31 heavy (non-hydrogen) atoms. The first-order valence-corrected chi connectivity index (χ1v) is 11.6. The fourth-order valence-corrected chi connectivity index (χ4v) is 5.32. The lowest BCUT2D eigenvalue weighted by Gasteiger charge is -2.16. The summed E-state index contributed by atoms with van der Waals surface area (Å²) in [6.07, 6.45) is 0. The lowest BCUT2D eigenvalue weighted by atomic mass is 10.2. The van der Waals surface area contributed by atoms with Crippen molar-refractivity contribution < 1.29 is 17.9 Å². The van der Waals surface area contributed by atoms with Gasteiger partial charge in [0.1, 0.15) is 16.4 Å². The van der Waals surface area contributed by atoms with Crippen molar-refractivity contribution in [3.63, 3.8) is 0 Å². The summed E-state index contributed by atoms with van der Waals surface area (Å²) in [5, 5.41) is 4.87. The molecule has 0 spiro atoms. The Hall–Kier alpha value is -3.37. The van der Waals surface area contributed by atoms with Crippen molar-refractivity contribution in [1.29, 1.82) is 0 Å². The molecule has 4 rings (SSSR count). The van der Waals surface area contributed by atoms with Crippen molar-refractivity contribution in [2.75, 3.05) is 24.3 Å². The summed E-state index contributed by atoms with van der Waals surface area (Å²) < 4.78 is 39.3. The summed E-state index contributed by atoms with van der Waals surface area (Å²) in [5.74, 6) is 1.46. The molecule has 2 aromatic carbocycles. The van der Waals surface area contributed by atoms with Crippen LogP contribution < -0.4 is 19.5 Å². The Morgan fingerprint density at radius 1 is 0.935 bits per heavy atom. The summed E-state index contributed by atoms with van der Waals surface area (Å²) in [4.78, 5) is 10.00. The first-order chi connectivity index (χ1) is 14.9. The van der Waals surface area contributed by atoms with Crippen LogP contribution in [0, 0.1) is 6.92 Å². The van der Waals surface area contributed by atoms with E-state index in [0.29, 0.717) is 33.1 Å². The van der Waals surface area contributed by atoms with Crippen molar-refractivity contribution in [3.8, 4) is 11.5 Å². The number of ether oxygens (including phenoxy) is 2. The minimum atomic E-state index is -3.85. The third-order valence-electron chi connectivity index (χ3n) is 4.56. The topological polar surface area (TPSA) is 102 Å². The molecule has 0 aliphatic heterocycles. The van der Waals surface area contributed by atoms with Crippen LogP contribution in [0.15, 0.2) is 58.8 Å². The van der Waals surface area contributed by atoms with Crippen LogP contribution in [0.3, 0.4) is 0 Å². The average molecular weight is 457 g/mol. The van der Waals surface area contributed by atoms with E-state index >= 15 is 0 Å². The maximum atomic E-state index is 13.0. The third kappa shape index (κ3) is 4.25. The summed E-state index contributed by atoms with van der Waals surface area (Å²) in [6, 6.07) is 14.0. The van der Waals surface area contributed by atoms with E-state index in [1.807, 2.05) is 12.1 Å². The van der Waals surface area contributed by atoms with Gasteiger partial charge in [-0.05, 0) is 42.6 Å². The molecule has 0 bridgehead atoms. The number of nitrogens with one attached hydrogen (secondary N) is 2. The second-order valence-corrected chi connectivity index (χ2v) is 9.32.